The Kier molecular flexibility index (Phi) is 11.5. The fraction of sp³-hybridized carbons (Fsp3) is 0.286. The first-order valence-corrected chi connectivity index (χ1v) is 17.9. The molecule has 0 saturated carbocycles. The van der Waals surface area contributed by atoms with Crippen LogP contribution in [0.25, 0.3) is 22.2 Å². The van der Waals surface area contributed by atoms with Crippen LogP contribution in [0.2, 0.25) is 5.02 Å². The molecule has 1 atom stereocenters. The molecule has 0 bridgehead atoms. The van der Waals surface area contributed by atoms with Gasteiger partial charge in [-0.15, -0.1) is 0 Å². The first-order chi connectivity index (χ1) is 23.3. The van der Waals surface area contributed by atoms with Gasteiger partial charge in [-0.3, -0.25) is 4.79 Å². The van der Waals surface area contributed by atoms with Crippen molar-refractivity contribution < 1.29 is 31.5 Å². The highest BCUT2D eigenvalue weighted by atomic mass is 35.5. The van der Waals surface area contributed by atoms with Gasteiger partial charge in [0, 0.05) is 29.4 Å². The highest BCUT2D eigenvalue weighted by molar-refractivity contribution is 7.90. The van der Waals surface area contributed by atoms with Crippen LogP contribution in [-0.4, -0.2) is 60.1 Å². The van der Waals surface area contributed by atoms with Crippen molar-refractivity contribution in [2.45, 2.75) is 46.1 Å². The summed E-state index contributed by atoms with van der Waals surface area (Å²) in [6, 6.07) is 20.0. The fourth-order valence-electron chi connectivity index (χ4n) is 4.86. The average Bonchev–Trinajstić information content (AvgIpc) is 3.51. The largest absolute Gasteiger partial charge is 0.487 e. The predicted molar refractivity (Wildman–Crippen MR) is 187 cm³/mol. The SMILES string of the molecule is CC(C)OC(=O)[C@H](C)NN(CCS(C)(=O)=O)Cc1ccc(-c2ccc3ncnc(Nc4ccc(OCc5cccc(F)c5)c(Cl)c4)c3c2)o1. The van der Waals surface area contributed by atoms with E-state index >= 15 is 0 Å². The zero-order chi connectivity index (χ0) is 35.1. The summed E-state index contributed by atoms with van der Waals surface area (Å²) in [6.45, 7) is 5.66. The molecule has 0 saturated heterocycles. The highest BCUT2D eigenvalue weighted by Gasteiger charge is 2.21. The Labute approximate surface area is 289 Å². The molecule has 0 unspecified atom stereocenters. The zero-order valence-corrected chi connectivity index (χ0v) is 29.0. The van der Waals surface area contributed by atoms with E-state index in [9.17, 15) is 17.6 Å². The lowest BCUT2D eigenvalue weighted by molar-refractivity contribution is -0.151. The van der Waals surface area contributed by atoms with E-state index in [1.165, 1.54) is 18.5 Å². The smallest absolute Gasteiger partial charge is 0.324 e. The molecule has 0 fully saturated rings. The van der Waals surface area contributed by atoms with Gasteiger partial charge in [0.05, 0.1) is 28.9 Å². The molecular weight excluding hydrogens is 673 g/mol. The molecule has 0 radical (unpaired) electrons. The van der Waals surface area contributed by atoms with Crippen molar-refractivity contribution in [3.8, 4) is 17.1 Å². The van der Waals surface area contributed by atoms with Gasteiger partial charge in [0.2, 0.25) is 0 Å². The molecule has 0 aliphatic heterocycles. The number of ether oxygens (including phenoxy) is 2. The first-order valence-electron chi connectivity index (χ1n) is 15.5. The number of anilines is 2. The number of carbonyl (C=O) groups is 1. The maximum atomic E-state index is 13.5. The number of nitrogens with zero attached hydrogens (tertiary/aromatic N) is 3. The molecule has 0 amide bonds. The summed E-state index contributed by atoms with van der Waals surface area (Å²) in [4.78, 5) is 21.3. The molecule has 11 nitrogen and oxygen atoms in total. The van der Waals surface area contributed by atoms with Crippen LogP contribution in [0, 0.1) is 5.82 Å². The summed E-state index contributed by atoms with van der Waals surface area (Å²) in [7, 11) is -3.26. The minimum absolute atomic E-state index is 0.115. The number of fused-ring (bicyclic) bond motifs is 1. The van der Waals surface area contributed by atoms with Gasteiger partial charge in [0.15, 0.2) is 0 Å². The number of hydrazine groups is 1. The number of nitrogens with one attached hydrogen (secondary N) is 2. The van der Waals surface area contributed by atoms with E-state index in [-0.39, 0.29) is 37.4 Å². The number of benzene rings is 3. The molecule has 0 aliphatic carbocycles. The normalized spacial score (nSPS) is 12.4. The lowest BCUT2D eigenvalue weighted by atomic mass is 10.1. The van der Waals surface area contributed by atoms with Gasteiger partial charge in [0.25, 0.3) is 0 Å². The van der Waals surface area contributed by atoms with Crippen molar-refractivity contribution >= 4 is 49.8 Å². The van der Waals surface area contributed by atoms with E-state index in [2.05, 4.69) is 20.7 Å². The minimum atomic E-state index is -3.26. The topological polar surface area (TPSA) is 136 Å². The Morgan fingerprint density at radius 3 is 2.59 bits per heavy atom. The molecule has 3 aromatic carbocycles. The van der Waals surface area contributed by atoms with Crippen molar-refractivity contribution in [1.29, 1.82) is 0 Å². The molecule has 2 heterocycles. The maximum Gasteiger partial charge on any atom is 0.324 e. The molecule has 258 valence electrons. The molecule has 0 aliphatic rings. The third kappa shape index (κ3) is 10.2. The summed E-state index contributed by atoms with van der Waals surface area (Å²) >= 11 is 6.51. The van der Waals surface area contributed by atoms with Crippen molar-refractivity contribution in [3.63, 3.8) is 0 Å². The number of sulfone groups is 1. The fourth-order valence-corrected chi connectivity index (χ4v) is 5.65. The molecular formula is C35H37ClFN5O6S. The minimum Gasteiger partial charge on any atom is -0.487 e. The van der Waals surface area contributed by atoms with Crippen LogP contribution in [0.4, 0.5) is 15.9 Å². The van der Waals surface area contributed by atoms with E-state index in [0.29, 0.717) is 44.9 Å². The van der Waals surface area contributed by atoms with Gasteiger partial charge in [-0.2, -0.15) is 0 Å². The van der Waals surface area contributed by atoms with Crippen molar-refractivity contribution in [2.75, 3.05) is 23.9 Å². The second-order valence-corrected chi connectivity index (χ2v) is 14.5. The van der Waals surface area contributed by atoms with E-state index in [1.54, 1.807) is 62.2 Å². The van der Waals surface area contributed by atoms with Crippen molar-refractivity contribution in [3.05, 3.63) is 101 Å². The lowest BCUT2D eigenvalue weighted by Gasteiger charge is -2.25. The number of aromatic nitrogens is 2. The summed E-state index contributed by atoms with van der Waals surface area (Å²) < 4.78 is 54.6. The van der Waals surface area contributed by atoms with E-state index in [0.717, 1.165) is 17.2 Å². The van der Waals surface area contributed by atoms with Gasteiger partial charge < -0.3 is 19.2 Å². The second-order valence-electron chi connectivity index (χ2n) is 11.8. The monoisotopic (exact) mass is 709 g/mol. The summed E-state index contributed by atoms with van der Waals surface area (Å²) in [6.07, 6.45) is 2.34. The molecule has 14 heteroatoms. The Balaban J connectivity index is 1.31. The van der Waals surface area contributed by atoms with Crippen LogP contribution in [0.3, 0.4) is 0 Å². The molecule has 5 aromatic rings. The third-order valence-corrected chi connectivity index (χ3v) is 8.44. The molecule has 2 aromatic heterocycles. The van der Waals surface area contributed by atoms with E-state index < -0.39 is 21.8 Å². The van der Waals surface area contributed by atoms with E-state index in [4.69, 9.17) is 25.5 Å². The summed E-state index contributed by atoms with van der Waals surface area (Å²) in [5, 5.41) is 6.03. The van der Waals surface area contributed by atoms with Crippen LogP contribution in [0.15, 0.2) is 83.5 Å². The van der Waals surface area contributed by atoms with Crippen molar-refractivity contribution in [1.82, 2.24) is 20.4 Å². The van der Waals surface area contributed by atoms with Gasteiger partial charge in [-0.25, -0.2) is 33.2 Å². The molecule has 5 rings (SSSR count). The van der Waals surface area contributed by atoms with Crippen LogP contribution < -0.4 is 15.5 Å². The van der Waals surface area contributed by atoms with Crippen LogP contribution in [0.5, 0.6) is 5.75 Å². The number of carbonyl (C=O) groups excluding carboxylic acids is 1. The predicted octanol–water partition coefficient (Wildman–Crippen LogP) is 6.70. The summed E-state index contributed by atoms with van der Waals surface area (Å²) in [5.74, 6) is 1.22. The number of esters is 1. The third-order valence-electron chi connectivity index (χ3n) is 7.22. The van der Waals surface area contributed by atoms with Crippen LogP contribution in [0.1, 0.15) is 32.1 Å². The first kappa shape index (κ1) is 35.7. The zero-order valence-electron chi connectivity index (χ0n) is 27.4. The Hall–Kier alpha value is -4.56. The second kappa shape index (κ2) is 15.8. The van der Waals surface area contributed by atoms with Gasteiger partial charge in [-0.05, 0) is 87.0 Å². The van der Waals surface area contributed by atoms with E-state index in [1.807, 2.05) is 24.3 Å². The number of rotatable bonds is 15. The maximum absolute atomic E-state index is 13.5. The Morgan fingerprint density at radius 1 is 1.04 bits per heavy atom. The van der Waals surface area contributed by atoms with Gasteiger partial charge in [-0.1, -0.05) is 23.7 Å². The number of halogens is 2. The van der Waals surface area contributed by atoms with Gasteiger partial charge >= 0.3 is 5.97 Å². The standard InChI is InChI=1S/C35H37ClFN5O6S/c1-22(2)47-35(43)23(3)41-42(14-15-49(4,44)45)19-28-10-13-32(48-28)25-8-11-31-29(17-25)34(39-21-38-31)40-27-9-12-33(30(36)18-27)46-20-24-6-5-7-26(37)16-24/h5-13,16-18,21-23,41H,14-15,19-20H2,1-4H3,(H,38,39,40)/t23-/m0/s1. The number of furan rings is 1. The van der Waals surface area contributed by atoms with Crippen LogP contribution >= 0.6 is 11.6 Å². The van der Waals surface area contributed by atoms with Crippen LogP contribution in [-0.2, 0) is 32.5 Å². The Bertz CT molecular complexity index is 2040. The molecule has 2 N–H and O–H groups in total. The lowest BCUT2D eigenvalue weighted by Crippen LogP contribution is -2.49. The van der Waals surface area contributed by atoms with Crippen molar-refractivity contribution in [2.24, 2.45) is 0 Å². The number of hydrogen-bond acceptors (Lipinski definition) is 11. The highest BCUT2D eigenvalue weighted by Crippen LogP contribution is 2.33. The quantitative estimate of drug-likeness (QED) is 0.0888. The molecule has 0 spiro atoms. The summed E-state index contributed by atoms with van der Waals surface area (Å²) in [5.41, 5.74) is 5.87. The van der Waals surface area contributed by atoms with Gasteiger partial charge in [0.1, 0.15) is 57.7 Å². The Morgan fingerprint density at radius 2 is 1.86 bits per heavy atom. The number of hydrogen-bond donors (Lipinski definition) is 2. The average molecular weight is 710 g/mol. The molecule has 49 heavy (non-hydrogen) atoms.